The summed E-state index contributed by atoms with van der Waals surface area (Å²) in [6.45, 7) is 3.55. The van der Waals surface area contributed by atoms with Gasteiger partial charge in [0, 0.05) is 19.1 Å². The molecule has 2 heteroatoms. The van der Waals surface area contributed by atoms with Crippen molar-refractivity contribution in [3.8, 4) is 0 Å². The minimum absolute atomic E-state index is 0.427. The molecular weight excluding hydrogens is 160 g/mol. The predicted octanol–water partition coefficient (Wildman–Crippen LogP) is 1.52. The van der Waals surface area contributed by atoms with Crippen molar-refractivity contribution in [2.45, 2.75) is 38.1 Å². The topological polar surface area (TPSA) is 29.3 Å². The van der Waals surface area contributed by atoms with Gasteiger partial charge in [-0.2, -0.15) is 0 Å². The molecule has 0 saturated carbocycles. The molecule has 74 valence electrons. The molecule has 1 atom stereocenters. The molecule has 0 radical (unpaired) electrons. The maximum absolute atomic E-state index is 5.94. The number of allylic oxidation sites excluding steroid dienone is 1. The summed E-state index contributed by atoms with van der Waals surface area (Å²) in [4.78, 5) is 2.52. The Balaban J connectivity index is 1.80. The molecule has 1 saturated heterocycles. The third-order valence-corrected chi connectivity index (χ3v) is 3.10. The van der Waals surface area contributed by atoms with E-state index in [4.69, 9.17) is 5.73 Å². The summed E-state index contributed by atoms with van der Waals surface area (Å²) >= 11 is 0. The smallest absolute Gasteiger partial charge is 0.0193 e. The van der Waals surface area contributed by atoms with Gasteiger partial charge in [-0.3, -0.25) is 4.90 Å². The lowest BCUT2D eigenvalue weighted by Crippen LogP contribution is -2.43. The lowest BCUT2D eigenvalue weighted by Gasteiger charge is -2.30. The van der Waals surface area contributed by atoms with Gasteiger partial charge >= 0.3 is 0 Å². The third-order valence-electron chi connectivity index (χ3n) is 3.10. The van der Waals surface area contributed by atoms with Crippen LogP contribution in [0.5, 0.6) is 0 Å². The molecule has 13 heavy (non-hydrogen) atoms. The van der Waals surface area contributed by atoms with Crippen LogP contribution in [0.2, 0.25) is 0 Å². The molecule has 1 unspecified atom stereocenters. The van der Waals surface area contributed by atoms with Crippen LogP contribution in [0.25, 0.3) is 0 Å². The quantitative estimate of drug-likeness (QED) is 0.653. The molecule has 2 aliphatic rings. The minimum atomic E-state index is 0.427. The zero-order valence-electron chi connectivity index (χ0n) is 8.34. The van der Waals surface area contributed by atoms with Gasteiger partial charge in [0.2, 0.25) is 0 Å². The van der Waals surface area contributed by atoms with E-state index >= 15 is 0 Å². The van der Waals surface area contributed by atoms with Crippen molar-refractivity contribution in [3.05, 3.63) is 11.6 Å². The molecule has 0 amide bonds. The Bertz CT molecular complexity index is 198. The number of piperidine rings is 1. The van der Waals surface area contributed by atoms with Crippen LogP contribution in [0.1, 0.15) is 32.1 Å². The molecule has 0 spiro atoms. The Morgan fingerprint density at radius 3 is 3.08 bits per heavy atom. The fourth-order valence-electron chi connectivity index (χ4n) is 2.40. The second kappa shape index (κ2) is 4.25. The van der Waals surface area contributed by atoms with E-state index in [1.165, 1.54) is 45.2 Å². The SMILES string of the molecule is NC1CCCN(CC2=CCCC2)C1. The van der Waals surface area contributed by atoms with Gasteiger partial charge in [0.1, 0.15) is 0 Å². The highest BCUT2D eigenvalue weighted by Crippen LogP contribution is 2.20. The van der Waals surface area contributed by atoms with Crippen molar-refractivity contribution in [2.75, 3.05) is 19.6 Å². The van der Waals surface area contributed by atoms with Gasteiger partial charge < -0.3 is 5.73 Å². The molecule has 0 aromatic heterocycles. The van der Waals surface area contributed by atoms with E-state index in [0.717, 1.165) is 6.54 Å². The van der Waals surface area contributed by atoms with Crippen LogP contribution in [0.3, 0.4) is 0 Å². The fourth-order valence-corrected chi connectivity index (χ4v) is 2.40. The summed E-state index contributed by atoms with van der Waals surface area (Å²) in [7, 11) is 0. The van der Waals surface area contributed by atoms with Crippen LogP contribution in [0.15, 0.2) is 11.6 Å². The first-order valence-electron chi connectivity index (χ1n) is 5.50. The largest absolute Gasteiger partial charge is 0.327 e. The van der Waals surface area contributed by atoms with Gasteiger partial charge in [-0.05, 0) is 38.6 Å². The predicted molar refractivity (Wildman–Crippen MR) is 55.6 cm³/mol. The monoisotopic (exact) mass is 180 g/mol. The first-order valence-corrected chi connectivity index (χ1v) is 5.50. The van der Waals surface area contributed by atoms with E-state index < -0.39 is 0 Å². The number of nitrogens with zero attached hydrogens (tertiary/aromatic N) is 1. The maximum Gasteiger partial charge on any atom is 0.0193 e. The summed E-state index contributed by atoms with van der Waals surface area (Å²) in [5, 5.41) is 0. The Kier molecular flexibility index (Phi) is 3.01. The lowest BCUT2D eigenvalue weighted by molar-refractivity contribution is 0.224. The Labute approximate surface area is 80.8 Å². The lowest BCUT2D eigenvalue weighted by atomic mass is 10.1. The van der Waals surface area contributed by atoms with Crippen molar-refractivity contribution in [1.29, 1.82) is 0 Å². The van der Waals surface area contributed by atoms with Gasteiger partial charge in [0.05, 0.1) is 0 Å². The molecule has 2 N–H and O–H groups in total. The number of hydrogen-bond donors (Lipinski definition) is 1. The average molecular weight is 180 g/mol. The molecule has 1 aliphatic heterocycles. The van der Waals surface area contributed by atoms with E-state index in [2.05, 4.69) is 11.0 Å². The summed E-state index contributed by atoms with van der Waals surface area (Å²) in [5.74, 6) is 0. The zero-order chi connectivity index (χ0) is 9.10. The Hall–Kier alpha value is -0.340. The van der Waals surface area contributed by atoms with Crippen molar-refractivity contribution in [3.63, 3.8) is 0 Å². The van der Waals surface area contributed by atoms with Gasteiger partial charge in [-0.15, -0.1) is 0 Å². The molecule has 1 fully saturated rings. The van der Waals surface area contributed by atoms with E-state index in [1.807, 2.05) is 0 Å². The van der Waals surface area contributed by atoms with Gasteiger partial charge in [0.25, 0.3) is 0 Å². The fraction of sp³-hybridized carbons (Fsp3) is 0.818. The van der Waals surface area contributed by atoms with Crippen LogP contribution >= 0.6 is 0 Å². The summed E-state index contributed by atoms with van der Waals surface area (Å²) in [6.07, 6.45) is 8.92. The van der Waals surface area contributed by atoms with E-state index in [9.17, 15) is 0 Å². The van der Waals surface area contributed by atoms with Gasteiger partial charge in [-0.25, -0.2) is 0 Å². The van der Waals surface area contributed by atoms with Crippen molar-refractivity contribution >= 4 is 0 Å². The second-order valence-electron chi connectivity index (χ2n) is 4.39. The van der Waals surface area contributed by atoms with Crippen molar-refractivity contribution < 1.29 is 0 Å². The molecule has 0 aromatic carbocycles. The second-order valence-corrected chi connectivity index (χ2v) is 4.39. The van der Waals surface area contributed by atoms with E-state index in [-0.39, 0.29) is 0 Å². The standard InChI is InChI=1S/C11H20N2/c12-11-6-3-7-13(9-11)8-10-4-1-2-5-10/h4,11H,1-3,5-9,12H2. The van der Waals surface area contributed by atoms with Gasteiger partial charge in [-0.1, -0.05) is 11.6 Å². The first kappa shape index (κ1) is 9.22. The molecule has 0 aromatic rings. The zero-order valence-corrected chi connectivity index (χ0v) is 8.34. The Morgan fingerprint density at radius 2 is 2.38 bits per heavy atom. The number of nitrogens with two attached hydrogens (primary N) is 1. The highest BCUT2D eigenvalue weighted by atomic mass is 15.1. The summed E-state index contributed by atoms with van der Waals surface area (Å²) < 4.78 is 0. The number of rotatable bonds is 2. The number of likely N-dealkylation sites (tertiary alicyclic amines) is 1. The molecule has 2 nitrogen and oxygen atoms in total. The van der Waals surface area contributed by atoms with Crippen molar-refractivity contribution in [2.24, 2.45) is 5.73 Å². The number of hydrogen-bond acceptors (Lipinski definition) is 2. The Morgan fingerprint density at radius 1 is 1.46 bits per heavy atom. The van der Waals surface area contributed by atoms with E-state index in [1.54, 1.807) is 5.57 Å². The van der Waals surface area contributed by atoms with Crippen LogP contribution in [-0.2, 0) is 0 Å². The van der Waals surface area contributed by atoms with Gasteiger partial charge in [0.15, 0.2) is 0 Å². The third kappa shape index (κ3) is 2.55. The molecule has 1 heterocycles. The van der Waals surface area contributed by atoms with Crippen LogP contribution < -0.4 is 5.73 Å². The van der Waals surface area contributed by atoms with Crippen molar-refractivity contribution in [1.82, 2.24) is 4.90 Å². The molecule has 1 aliphatic carbocycles. The van der Waals surface area contributed by atoms with Crippen LogP contribution in [-0.4, -0.2) is 30.6 Å². The average Bonchev–Trinajstić information content (AvgIpc) is 2.57. The summed E-state index contributed by atoms with van der Waals surface area (Å²) in [6, 6.07) is 0.427. The molecule has 2 rings (SSSR count). The van der Waals surface area contributed by atoms with E-state index in [0.29, 0.717) is 6.04 Å². The first-order chi connectivity index (χ1) is 6.34. The molecular formula is C11H20N2. The minimum Gasteiger partial charge on any atom is -0.327 e. The highest BCUT2D eigenvalue weighted by molar-refractivity contribution is 5.09. The highest BCUT2D eigenvalue weighted by Gasteiger charge is 2.17. The maximum atomic E-state index is 5.94. The van der Waals surface area contributed by atoms with Crippen LogP contribution in [0.4, 0.5) is 0 Å². The van der Waals surface area contributed by atoms with Crippen LogP contribution in [0, 0.1) is 0 Å². The summed E-state index contributed by atoms with van der Waals surface area (Å²) in [5.41, 5.74) is 7.59. The normalized spacial score (nSPS) is 30.5. The molecule has 0 bridgehead atoms.